The lowest BCUT2D eigenvalue weighted by atomic mass is 9.74. The summed E-state index contributed by atoms with van der Waals surface area (Å²) in [7, 11) is -1.50. The summed E-state index contributed by atoms with van der Waals surface area (Å²) in [6.45, 7) is 11.0. The number of benzene rings is 1. The fourth-order valence-electron chi connectivity index (χ4n) is 3.80. The second-order valence-electron chi connectivity index (χ2n) is 7.19. The minimum atomic E-state index is -1.50. The molecule has 2 atom stereocenters. The number of rotatable bonds is 5. The van der Waals surface area contributed by atoms with Gasteiger partial charge in [-0.1, -0.05) is 73.6 Å². The van der Waals surface area contributed by atoms with Crippen LogP contribution in [0.5, 0.6) is 0 Å². The first-order valence-corrected chi connectivity index (χ1v) is 11.4. The highest BCUT2D eigenvalue weighted by molar-refractivity contribution is 6.90. The molecule has 1 aromatic rings. The third kappa shape index (κ3) is 3.94. The number of hydrogen-bond acceptors (Lipinski definition) is 1. The first kappa shape index (κ1) is 16.2. The van der Waals surface area contributed by atoms with Gasteiger partial charge in [0, 0.05) is 5.92 Å². The topological polar surface area (TPSA) is 17.1 Å². The Bertz CT molecular complexity index is 504. The van der Waals surface area contributed by atoms with Crippen molar-refractivity contribution in [2.75, 3.05) is 0 Å². The molecule has 0 N–H and O–H groups in total. The van der Waals surface area contributed by atoms with E-state index in [1.165, 1.54) is 23.6 Å². The summed E-state index contributed by atoms with van der Waals surface area (Å²) < 4.78 is 0. The predicted molar refractivity (Wildman–Crippen MR) is 93.6 cm³/mol. The molecule has 0 radical (unpaired) electrons. The second-order valence-corrected chi connectivity index (χ2v) is 11.9. The molecule has 0 saturated heterocycles. The molecule has 0 spiro atoms. The van der Waals surface area contributed by atoms with Crippen molar-refractivity contribution in [1.29, 1.82) is 0 Å². The van der Waals surface area contributed by atoms with Gasteiger partial charge in [-0.25, -0.2) is 0 Å². The molecule has 1 aliphatic carbocycles. The Morgan fingerprint density at radius 1 is 1.14 bits per heavy atom. The molecule has 0 bridgehead atoms. The van der Waals surface area contributed by atoms with Gasteiger partial charge in [0.15, 0.2) is 0 Å². The third-order valence-corrected chi connectivity index (χ3v) is 8.27. The molecule has 1 saturated carbocycles. The summed E-state index contributed by atoms with van der Waals surface area (Å²) >= 11 is 0. The third-order valence-electron chi connectivity index (χ3n) is 5.04. The van der Waals surface area contributed by atoms with Crippen LogP contribution in [-0.4, -0.2) is 13.9 Å². The summed E-state index contributed by atoms with van der Waals surface area (Å²) in [6, 6.07) is 11.9. The molecule has 2 rings (SSSR count). The van der Waals surface area contributed by atoms with Gasteiger partial charge in [-0.2, -0.15) is 0 Å². The molecule has 0 heterocycles. The van der Waals surface area contributed by atoms with Gasteiger partial charge in [0.1, 0.15) is 5.78 Å². The minimum Gasteiger partial charge on any atom is -0.300 e. The Kier molecular flexibility index (Phi) is 5.21. The van der Waals surface area contributed by atoms with Crippen molar-refractivity contribution in [2.45, 2.75) is 51.7 Å². The number of allylic oxidation sites excluding steroid dienone is 1. The van der Waals surface area contributed by atoms with Crippen LogP contribution < -0.4 is 5.19 Å². The van der Waals surface area contributed by atoms with Crippen molar-refractivity contribution >= 4 is 19.0 Å². The van der Waals surface area contributed by atoms with Crippen LogP contribution >= 0.6 is 0 Å². The van der Waals surface area contributed by atoms with Crippen LogP contribution in [0.1, 0.15) is 32.6 Å². The molecule has 1 aliphatic rings. The summed E-state index contributed by atoms with van der Waals surface area (Å²) in [5.41, 5.74) is 1.33. The highest BCUT2D eigenvalue weighted by Crippen LogP contribution is 2.38. The second kappa shape index (κ2) is 6.74. The van der Waals surface area contributed by atoms with E-state index in [0.29, 0.717) is 11.7 Å². The summed E-state index contributed by atoms with van der Waals surface area (Å²) in [6.07, 6.45) is 4.67. The Morgan fingerprint density at radius 2 is 1.71 bits per heavy atom. The summed E-state index contributed by atoms with van der Waals surface area (Å²) in [5.74, 6) is 1.01. The number of carbonyl (C=O) groups excluding carboxylic acids is 1. The van der Waals surface area contributed by atoms with Crippen LogP contribution in [0.2, 0.25) is 19.1 Å². The zero-order chi connectivity index (χ0) is 15.5. The monoisotopic (exact) mass is 300 g/mol. The average Bonchev–Trinajstić information content (AvgIpc) is 2.47. The van der Waals surface area contributed by atoms with Crippen LogP contribution in [0.4, 0.5) is 0 Å². The van der Waals surface area contributed by atoms with Crippen LogP contribution in [0, 0.1) is 11.8 Å². The molecule has 0 aromatic heterocycles. The first-order valence-electron chi connectivity index (χ1n) is 8.15. The van der Waals surface area contributed by atoms with Crippen molar-refractivity contribution in [3.63, 3.8) is 0 Å². The molecular weight excluding hydrogens is 272 g/mol. The fraction of sp³-hybridized carbons (Fsp3) is 0.526. The largest absolute Gasteiger partial charge is 0.300 e. The molecule has 0 unspecified atom stereocenters. The summed E-state index contributed by atoms with van der Waals surface area (Å²) in [4.78, 5) is 11.9. The van der Waals surface area contributed by atoms with Crippen molar-refractivity contribution < 1.29 is 4.79 Å². The lowest BCUT2D eigenvalue weighted by Gasteiger charge is -2.34. The predicted octanol–water partition coefficient (Wildman–Crippen LogP) is 4.55. The van der Waals surface area contributed by atoms with Crippen molar-refractivity contribution in [1.82, 2.24) is 0 Å². The highest BCUT2D eigenvalue weighted by Gasteiger charge is 2.33. The zero-order valence-electron chi connectivity index (χ0n) is 13.7. The quantitative estimate of drug-likeness (QED) is 0.576. The van der Waals surface area contributed by atoms with Gasteiger partial charge in [-0.15, -0.1) is 0 Å². The van der Waals surface area contributed by atoms with Crippen molar-refractivity contribution in [2.24, 2.45) is 11.8 Å². The first-order chi connectivity index (χ1) is 9.92. The molecule has 0 amide bonds. The highest BCUT2D eigenvalue weighted by atomic mass is 28.3. The molecule has 1 nitrogen and oxygen atoms in total. The molecular formula is C19H28OSi. The summed E-state index contributed by atoms with van der Waals surface area (Å²) in [5, 5.41) is 1.49. The van der Waals surface area contributed by atoms with E-state index in [0.717, 1.165) is 18.9 Å². The molecule has 1 aromatic carbocycles. The van der Waals surface area contributed by atoms with Gasteiger partial charge < -0.3 is 0 Å². The van der Waals surface area contributed by atoms with Gasteiger partial charge in [0.2, 0.25) is 0 Å². The maximum atomic E-state index is 11.9. The van der Waals surface area contributed by atoms with E-state index in [2.05, 4.69) is 50.0 Å². The lowest BCUT2D eigenvalue weighted by molar-refractivity contribution is -0.122. The van der Waals surface area contributed by atoms with Crippen LogP contribution in [-0.2, 0) is 4.79 Å². The van der Waals surface area contributed by atoms with Crippen molar-refractivity contribution in [3.8, 4) is 0 Å². The Labute approximate surface area is 130 Å². The standard InChI is InChI=1S/C19H28OSi/c1-15(18-12-8-9-13-19(18)16(2)20)14-21(3,4)17-10-6-5-7-11-17/h5-7,10-11,18-19H,1,8-9,12-14H2,2-4H3/t18-,19+/m1/s1. The van der Waals surface area contributed by atoms with E-state index >= 15 is 0 Å². The average molecular weight is 301 g/mol. The van der Waals surface area contributed by atoms with Crippen LogP contribution in [0.25, 0.3) is 0 Å². The van der Waals surface area contributed by atoms with E-state index in [4.69, 9.17) is 0 Å². The maximum Gasteiger partial charge on any atom is 0.133 e. The van der Waals surface area contributed by atoms with Gasteiger partial charge in [-0.05, 0) is 31.7 Å². The molecule has 114 valence electrons. The van der Waals surface area contributed by atoms with Crippen LogP contribution in [0.15, 0.2) is 42.5 Å². The number of hydrogen-bond donors (Lipinski definition) is 0. The van der Waals surface area contributed by atoms with E-state index in [-0.39, 0.29) is 5.92 Å². The van der Waals surface area contributed by atoms with Crippen molar-refractivity contribution in [3.05, 3.63) is 42.5 Å². The van der Waals surface area contributed by atoms with Gasteiger partial charge in [0.05, 0.1) is 8.07 Å². The Morgan fingerprint density at radius 3 is 2.29 bits per heavy atom. The Hall–Kier alpha value is -1.15. The van der Waals surface area contributed by atoms with Gasteiger partial charge >= 0.3 is 0 Å². The fourth-order valence-corrected chi connectivity index (χ4v) is 6.49. The minimum absolute atomic E-state index is 0.229. The lowest BCUT2D eigenvalue weighted by Crippen LogP contribution is -2.42. The maximum absolute atomic E-state index is 11.9. The Balaban J connectivity index is 2.11. The number of Topliss-reactive ketones (excluding diaryl/α,β-unsaturated/α-hetero) is 1. The number of carbonyl (C=O) groups is 1. The molecule has 0 aliphatic heterocycles. The van der Waals surface area contributed by atoms with E-state index < -0.39 is 8.07 Å². The number of ketones is 1. The SMILES string of the molecule is C=C(C[Si](C)(C)c1ccccc1)[C@H]1CCCC[C@H]1C(C)=O. The molecule has 2 heteroatoms. The smallest absolute Gasteiger partial charge is 0.133 e. The normalized spacial score (nSPS) is 22.8. The van der Waals surface area contributed by atoms with Gasteiger partial charge in [0.25, 0.3) is 0 Å². The van der Waals surface area contributed by atoms with E-state index in [1.54, 1.807) is 6.92 Å². The zero-order valence-corrected chi connectivity index (χ0v) is 14.7. The van der Waals surface area contributed by atoms with E-state index in [9.17, 15) is 4.79 Å². The van der Waals surface area contributed by atoms with E-state index in [1.807, 2.05) is 0 Å². The molecule has 1 fully saturated rings. The van der Waals surface area contributed by atoms with Crippen LogP contribution in [0.3, 0.4) is 0 Å². The van der Waals surface area contributed by atoms with Gasteiger partial charge in [-0.3, -0.25) is 4.79 Å². The molecule has 21 heavy (non-hydrogen) atoms.